The second kappa shape index (κ2) is 9.72. The Bertz CT molecular complexity index is 1150. The number of aromatic nitrogens is 4. The molecule has 1 aliphatic rings. The van der Waals surface area contributed by atoms with Crippen molar-refractivity contribution in [3.63, 3.8) is 0 Å². The van der Waals surface area contributed by atoms with Crippen LogP contribution in [-0.2, 0) is 6.54 Å². The molecule has 0 radical (unpaired) electrons. The van der Waals surface area contributed by atoms with E-state index in [1.807, 2.05) is 16.8 Å². The summed E-state index contributed by atoms with van der Waals surface area (Å²) >= 11 is 1.73. The summed E-state index contributed by atoms with van der Waals surface area (Å²) in [6.07, 6.45) is 0. The SMILES string of the molecule is COc1ccc(N2CCN([C@@H](c3ccc(C)cc3)c3nnnn3Cc3cccs3)CC2)cc1. The Morgan fingerprint density at radius 3 is 2.39 bits per heavy atom. The molecule has 2 aromatic heterocycles. The molecule has 0 saturated carbocycles. The third kappa shape index (κ3) is 4.77. The molecule has 170 valence electrons. The van der Waals surface area contributed by atoms with Gasteiger partial charge in [-0.15, -0.1) is 16.4 Å². The number of nitrogens with zero attached hydrogens (tertiary/aromatic N) is 6. The van der Waals surface area contributed by atoms with Crippen molar-refractivity contribution in [2.45, 2.75) is 19.5 Å². The molecule has 0 aliphatic carbocycles. The average Bonchev–Trinajstić information content (AvgIpc) is 3.54. The van der Waals surface area contributed by atoms with Crippen molar-refractivity contribution in [1.82, 2.24) is 25.1 Å². The molecule has 2 aromatic carbocycles. The van der Waals surface area contributed by atoms with Crippen LogP contribution in [0.15, 0.2) is 66.0 Å². The number of rotatable bonds is 7. The molecule has 0 spiro atoms. The fourth-order valence-corrected chi connectivity index (χ4v) is 5.06. The lowest BCUT2D eigenvalue weighted by molar-refractivity contribution is 0.201. The van der Waals surface area contributed by atoms with Crippen LogP contribution in [0.4, 0.5) is 5.69 Å². The summed E-state index contributed by atoms with van der Waals surface area (Å²) < 4.78 is 7.26. The van der Waals surface area contributed by atoms with Gasteiger partial charge in [-0.1, -0.05) is 35.9 Å². The summed E-state index contributed by atoms with van der Waals surface area (Å²) in [6.45, 7) is 6.55. The van der Waals surface area contributed by atoms with Gasteiger partial charge < -0.3 is 9.64 Å². The van der Waals surface area contributed by atoms with Gasteiger partial charge in [-0.25, -0.2) is 4.68 Å². The van der Waals surface area contributed by atoms with Crippen molar-refractivity contribution in [3.8, 4) is 5.75 Å². The number of tetrazole rings is 1. The molecule has 0 unspecified atom stereocenters. The average molecular weight is 461 g/mol. The van der Waals surface area contributed by atoms with E-state index >= 15 is 0 Å². The summed E-state index contributed by atoms with van der Waals surface area (Å²) in [5.41, 5.74) is 3.70. The number of methoxy groups -OCH3 is 1. The zero-order valence-corrected chi connectivity index (χ0v) is 19.8. The van der Waals surface area contributed by atoms with Crippen LogP contribution in [-0.4, -0.2) is 58.4 Å². The van der Waals surface area contributed by atoms with Gasteiger partial charge in [-0.2, -0.15) is 0 Å². The van der Waals surface area contributed by atoms with Gasteiger partial charge in [0.1, 0.15) is 5.75 Å². The molecule has 7 nitrogen and oxygen atoms in total. The van der Waals surface area contributed by atoms with E-state index in [4.69, 9.17) is 4.74 Å². The fraction of sp³-hybridized carbons (Fsp3) is 0.320. The van der Waals surface area contributed by atoms with E-state index in [0.29, 0.717) is 6.54 Å². The standard InChI is InChI=1S/C25H28N6OS/c1-19-5-7-20(8-6-19)24(25-26-27-28-31(25)18-23-4-3-17-33-23)30-15-13-29(14-16-30)21-9-11-22(32-2)12-10-21/h3-12,17,24H,13-16,18H2,1-2H3/t24-/m0/s1. The maximum absolute atomic E-state index is 5.31. The first kappa shape index (κ1) is 21.6. The van der Waals surface area contributed by atoms with Gasteiger partial charge in [-0.3, -0.25) is 4.90 Å². The predicted molar refractivity (Wildman–Crippen MR) is 131 cm³/mol. The Labute approximate surface area is 198 Å². The fourth-order valence-electron chi connectivity index (χ4n) is 4.37. The van der Waals surface area contributed by atoms with Gasteiger partial charge in [0.25, 0.3) is 0 Å². The van der Waals surface area contributed by atoms with Crippen LogP contribution in [0.25, 0.3) is 0 Å². The summed E-state index contributed by atoms with van der Waals surface area (Å²) in [4.78, 5) is 6.17. The summed E-state index contributed by atoms with van der Waals surface area (Å²) in [5.74, 6) is 1.78. The smallest absolute Gasteiger partial charge is 0.173 e. The number of thiophene rings is 1. The molecule has 5 rings (SSSR count). The molecule has 8 heteroatoms. The quantitative estimate of drug-likeness (QED) is 0.415. The molecular formula is C25H28N6OS. The second-order valence-corrected chi connectivity index (χ2v) is 9.34. The van der Waals surface area contributed by atoms with Crippen molar-refractivity contribution in [2.75, 3.05) is 38.2 Å². The first-order valence-electron chi connectivity index (χ1n) is 11.2. The third-order valence-electron chi connectivity index (χ3n) is 6.20. The van der Waals surface area contributed by atoms with Crippen LogP contribution in [0.5, 0.6) is 5.75 Å². The van der Waals surface area contributed by atoms with E-state index in [-0.39, 0.29) is 6.04 Å². The van der Waals surface area contributed by atoms with Crippen molar-refractivity contribution in [3.05, 3.63) is 87.9 Å². The molecule has 0 amide bonds. The zero-order valence-electron chi connectivity index (χ0n) is 19.0. The van der Waals surface area contributed by atoms with Crippen molar-refractivity contribution in [2.24, 2.45) is 0 Å². The lowest BCUT2D eigenvalue weighted by Crippen LogP contribution is -2.48. The summed E-state index contributed by atoms with van der Waals surface area (Å²) in [6, 6.07) is 21.3. The minimum absolute atomic E-state index is 0.0126. The highest BCUT2D eigenvalue weighted by Crippen LogP contribution is 2.30. The minimum Gasteiger partial charge on any atom is -0.497 e. The minimum atomic E-state index is 0.0126. The molecule has 1 atom stereocenters. The molecule has 1 saturated heterocycles. The Kier molecular flexibility index (Phi) is 6.37. The monoisotopic (exact) mass is 460 g/mol. The Morgan fingerprint density at radius 2 is 1.73 bits per heavy atom. The zero-order chi connectivity index (χ0) is 22.6. The highest BCUT2D eigenvalue weighted by atomic mass is 32.1. The van der Waals surface area contributed by atoms with E-state index in [2.05, 4.69) is 86.2 Å². The molecule has 33 heavy (non-hydrogen) atoms. The number of anilines is 1. The number of hydrogen-bond acceptors (Lipinski definition) is 7. The molecule has 1 aliphatic heterocycles. The normalized spacial score (nSPS) is 15.5. The van der Waals surface area contributed by atoms with Gasteiger partial charge in [0.15, 0.2) is 5.82 Å². The van der Waals surface area contributed by atoms with Crippen molar-refractivity contribution >= 4 is 17.0 Å². The van der Waals surface area contributed by atoms with Crippen molar-refractivity contribution < 1.29 is 4.74 Å². The Hall–Kier alpha value is -3.23. The maximum atomic E-state index is 5.31. The van der Waals surface area contributed by atoms with Gasteiger partial charge in [0.05, 0.1) is 19.7 Å². The number of hydrogen-bond donors (Lipinski definition) is 0. The topological polar surface area (TPSA) is 59.3 Å². The lowest BCUT2D eigenvalue weighted by atomic mass is 10.0. The molecule has 1 fully saturated rings. The van der Waals surface area contributed by atoms with E-state index in [1.54, 1.807) is 18.4 Å². The van der Waals surface area contributed by atoms with Gasteiger partial charge >= 0.3 is 0 Å². The second-order valence-electron chi connectivity index (χ2n) is 8.31. The maximum Gasteiger partial charge on any atom is 0.173 e. The largest absolute Gasteiger partial charge is 0.497 e. The predicted octanol–water partition coefficient (Wildman–Crippen LogP) is 4.01. The number of piperazine rings is 1. The summed E-state index contributed by atoms with van der Waals surface area (Å²) in [5, 5.41) is 15.0. The van der Waals surface area contributed by atoms with E-state index in [1.165, 1.54) is 21.7 Å². The number of ether oxygens (including phenoxy) is 1. The highest BCUT2D eigenvalue weighted by Gasteiger charge is 2.30. The first-order chi connectivity index (χ1) is 16.2. The first-order valence-corrected chi connectivity index (χ1v) is 12.1. The molecule has 0 bridgehead atoms. The van der Waals surface area contributed by atoms with Crippen LogP contribution in [0.1, 0.15) is 27.9 Å². The van der Waals surface area contributed by atoms with E-state index in [9.17, 15) is 0 Å². The Morgan fingerprint density at radius 1 is 0.970 bits per heavy atom. The van der Waals surface area contributed by atoms with E-state index in [0.717, 1.165) is 37.8 Å². The van der Waals surface area contributed by atoms with Crippen LogP contribution in [0, 0.1) is 6.92 Å². The van der Waals surface area contributed by atoms with Crippen molar-refractivity contribution in [1.29, 1.82) is 0 Å². The molecule has 3 heterocycles. The van der Waals surface area contributed by atoms with Crippen LogP contribution < -0.4 is 9.64 Å². The van der Waals surface area contributed by atoms with Gasteiger partial charge in [0.2, 0.25) is 0 Å². The van der Waals surface area contributed by atoms with Crippen LogP contribution in [0.2, 0.25) is 0 Å². The molecule has 0 N–H and O–H groups in total. The van der Waals surface area contributed by atoms with Gasteiger partial charge in [0, 0.05) is 36.7 Å². The highest BCUT2D eigenvalue weighted by molar-refractivity contribution is 7.09. The molecular weight excluding hydrogens is 432 g/mol. The number of aryl methyl sites for hydroxylation is 1. The molecule has 4 aromatic rings. The Balaban J connectivity index is 1.39. The van der Waals surface area contributed by atoms with Crippen LogP contribution in [0.3, 0.4) is 0 Å². The summed E-state index contributed by atoms with van der Waals surface area (Å²) in [7, 11) is 1.70. The van der Waals surface area contributed by atoms with Crippen LogP contribution >= 0.6 is 11.3 Å². The third-order valence-corrected chi connectivity index (χ3v) is 7.06. The van der Waals surface area contributed by atoms with Gasteiger partial charge in [-0.05, 0) is 58.6 Å². The van der Waals surface area contributed by atoms with E-state index < -0.39 is 0 Å². The lowest BCUT2D eigenvalue weighted by Gasteiger charge is -2.40. The number of benzene rings is 2.